The van der Waals surface area contributed by atoms with Gasteiger partial charge in [-0.05, 0) is 41.0 Å². The number of nitrogens with two attached hydrogens (primary N) is 1. The third-order valence-corrected chi connectivity index (χ3v) is 4.20. The van der Waals surface area contributed by atoms with E-state index in [9.17, 15) is 0 Å². The molecule has 0 aromatic heterocycles. The molecule has 0 spiro atoms. The van der Waals surface area contributed by atoms with Gasteiger partial charge in [-0.15, -0.1) is 24.0 Å². The molecule has 3 rings (SSSR count). The van der Waals surface area contributed by atoms with Crippen LogP contribution in [0.25, 0.3) is 0 Å². The summed E-state index contributed by atoms with van der Waals surface area (Å²) in [6, 6.07) is 25.9. The SMILES string of the molecule is COc1ccc(NC(N)=NCc2ccc(COCc3ccccc3)cc2)cc1.I. The van der Waals surface area contributed by atoms with E-state index in [-0.39, 0.29) is 24.0 Å². The van der Waals surface area contributed by atoms with Crippen molar-refractivity contribution < 1.29 is 9.47 Å². The molecular weight excluding hydrogens is 477 g/mol. The van der Waals surface area contributed by atoms with Gasteiger partial charge < -0.3 is 20.5 Å². The summed E-state index contributed by atoms with van der Waals surface area (Å²) in [5, 5.41) is 3.07. The fourth-order valence-corrected chi connectivity index (χ4v) is 2.64. The summed E-state index contributed by atoms with van der Waals surface area (Å²) >= 11 is 0. The highest BCUT2D eigenvalue weighted by molar-refractivity contribution is 14.0. The summed E-state index contributed by atoms with van der Waals surface area (Å²) in [5.41, 5.74) is 10.2. The van der Waals surface area contributed by atoms with Gasteiger partial charge in [0.2, 0.25) is 0 Å². The van der Waals surface area contributed by atoms with Crippen molar-refractivity contribution in [3.05, 3.63) is 95.6 Å². The Morgan fingerprint density at radius 3 is 2.03 bits per heavy atom. The van der Waals surface area contributed by atoms with Crippen molar-refractivity contribution in [1.29, 1.82) is 0 Å². The number of guanidine groups is 1. The van der Waals surface area contributed by atoms with Gasteiger partial charge in [0.05, 0.1) is 26.9 Å². The highest BCUT2D eigenvalue weighted by Gasteiger charge is 1.99. The Kier molecular flexibility index (Phi) is 9.46. The number of nitrogens with zero attached hydrogens (tertiary/aromatic N) is 1. The maximum atomic E-state index is 5.96. The Morgan fingerprint density at radius 1 is 0.828 bits per heavy atom. The normalized spacial score (nSPS) is 10.9. The van der Waals surface area contributed by atoms with Gasteiger partial charge in [0.25, 0.3) is 0 Å². The molecule has 0 radical (unpaired) electrons. The first-order valence-corrected chi connectivity index (χ1v) is 9.13. The average Bonchev–Trinajstić information content (AvgIpc) is 2.74. The molecule has 152 valence electrons. The van der Waals surface area contributed by atoms with Crippen molar-refractivity contribution in [1.82, 2.24) is 0 Å². The number of nitrogens with one attached hydrogen (secondary N) is 1. The van der Waals surface area contributed by atoms with Gasteiger partial charge in [-0.2, -0.15) is 0 Å². The van der Waals surface area contributed by atoms with Gasteiger partial charge in [-0.3, -0.25) is 0 Å². The molecule has 0 atom stereocenters. The zero-order valence-electron chi connectivity index (χ0n) is 16.4. The van der Waals surface area contributed by atoms with Crippen molar-refractivity contribution >= 4 is 35.6 Å². The second-order valence-electron chi connectivity index (χ2n) is 6.35. The number of hydrogen-bond donors (Lipinski definition) is 2. The first-order valence-electron chi connectivity index (χ1n) is 9.13. The van der Waals surface area contributed by atoms with E-state index < -0.39 is 0 Å². The molecule has 6 heteroatoms. The van der Waals surface area contributed by atoms with Crippen molar-refractivity contribution in [3.63, 3.8) is 0 Å². The molecule has 3 aromatic carbocycles. The molecule has 0 aliphatic rings. The van der Waals surface area contributed by atoms with Crippen LogP contribution < -0.4 is 15.8 Å². The minimum atomic E-state index is 0. The average molecular weight is 503 g/mol. The lowest BCUT2D eigenvalue weighted by Crippen LogP contribution is -2.22. The van der Waals surface area contributed by atoms with Crippen LogP contribution in [0.1, 0.15) is 16.7 Å². The quantitative estimate of drug-likeness (QED) is 0.259. The maximum absolute atomic E-state index is 5.96. The Labute approximate surface area is 189 Å². The van der Waals surface area contributed by atoms with E-state index in [0.717, 1.165) is 22.6 Å². The monoisotopic (exact) mass is 503 g/mol. The number of anilines is 1. The summed E-state index contributed by atoms with van der Waals surface area (Å²) in [6.45, 7) is 1.71. The molecule has 0 amide bonds. The van der Waals surface area contributed by atoms with Gasteiger partial charge in [0, 0.05) is 5.69 Å². The van der Waals surface area contributed by atoms with E-state index in [4.69, 9.17) is 15.2 Å². The smallest absolute Gasteiger partial charge is 0.193 e. The van der Waals surface area contributed by atoms with E-state index in [1.807, 2.05) is 54.6 Å². The van der Waals surface area contributed by atoms with Crippen LogP contribution >= 0.6 is 24.0 Å². The zero-order chi connectivity index (χ0) is 19.6. The van der Waals surface area contributed by atoms with E-state index in [1.54, 1.807) is 7.11 Å². The molecule has 29 heavy (non-hydrogen) atoms. The zero-order valence-corrected chi connectivity index (χ0v) is 18.7. The van der Waals surface area contributed by atoms with Crippen molar-refractivity contribution in [2.45, 2.75) is 19.8 Å². The van der Waals surface area contributed by atoms with Crippen LogP contribution in [0.15, 0.2) is 83.9 Å². The summed E-state index contributed by atoms with van der Waals surface area (Å²) in [4.78, 5) is 4.38. The standard InChI is InChI=1S/C23H25N3O2.HI/c1-27-22-13-11-21(12-14-22)26-23(24)25-15-18-7-9-20(10-8-18)17-28-16-19-5-3-2-4-6-19;/h2-14H,15-17H2,1H3,(H3,24,25,26);1H. The van der Waals surface area contributed by atoms with Gasteiger partial charge in [0.15, 0.2) is 5.96 Å². The number of hydrogen-bond acceptors (Lipinski definition) is 3. The molecule has 0 bridgehead atoms. The predicted molar refractivity (Wildman–Crippen MR) is 129 cm³/mol. The van der Waals surface area contributed by atoms with Gasteiger partial charge in [-0.1, -0.05) is 54.6 Å². The first-order chi connectivity index (χ1) is 13.7. The number of benzene rings is 3. The molecule has 0 saturated carbocycles. The molecule has 3 N–H and O–H groups in total. The Balaban J connectivity index is 0.00000300. The summed E-state index contributed by atoms with van der Waals surface area (Å²) in [7, 11) is 1.64. The molecule has 5 nitrogen and oxygen atoms in total. The Bertz CT molecular complexity index is 882. The molecule has 3 aromatic rings. The van der Waals surface area contributed by atoms with Crippen LogP contribution in [-0.2, 0) is 24.5 Å². The maximum Gasteiger partial charge on any atom is 0.193 e. The summed E-state index contributed by atoms with van der Waals surface area (Å²) in [6.07, 6.45) is 0. The highest BCUT2D eigenvalue weighted by atomic mass is 127. The minimum Gasteiger partial charge on any atom is -0.497 e. The molecule has 0 unspecified atom stereocenters. The fraction of sp³-hybridized carbons (Fsp3) is 0.174. The molecule has 0 heterocycles. The van der Waals surface area contributed by atoms with Crippen LogP contribution in [0.3, 0.4) is 0 Å². The second kappa shape index (κ2) is 12.1. The molecule has 0 fully saturated rings. The lowest BCUT2D eigenvalue weighted by molar-refractivity contribution is 0.107. The van der Waals surface area contributed by atoms with Crippen molar-refractivity contribution in [2.24, 2.45) is 10.7 Å². The second-order valence-corrected chi connectivity index (χ2v) is 6.35. The Morgan fingerprint density at radius 2 is 1.41 bits per heavy atom. The molecule has 0 aliphatic heterocycles. The molecule has 0 aliphatic carbocycles. The van der Waals surface area contributed by atoms with E-state index in [0.29, 0.717) is 25.7 Å². The molecular formula is C23H26IN3O2. The van der Waals surface area contributed by atoms with Crippen LogP contribution in [-0.4, -0.2) is 13.1 Å². The lowest BCUT2D eigenvalue weighted by atomic mass is 10.1. The van der Waals surface area contributed by atoms with Crippen molar-refractivity contribution in [3.8, 4) is 5.75 Å². The Hall–Kier alpha value is -2.58. The van der Waals surface area contributed by atoms with Crippen molar-refractivity contribution in [2.75, 3.05) is 12.4 Å². The topological polar surface area (TPSA) is 68.9 Å². The number of rotatable bonds is 8. The van der Waals surface area contributed by atoms with Crippen LogP contribution in [0.5, 0.6) is 5.75 Å². The van der Waals surface area contributed by atoms with E-state index in [2.05, 4.69) is 34.6 Å². The number of halogens is 1. The number of ether oxygens (including phenoxy) is 2. The summed E-state index contributed by atoms with van der Waals surface area (Å²) < 4.78 is 10.9. The van der Waals surface area contributed by atoms with E-state index >= 15 is 0 Å². The van der Waals surface area contributed by atoms with Gasteiger partial charge in [-0.25, -0.2) is 4.99 Å². The largest absolute Gasteiger partial charge is 0.497 e. The van der Waals surface area contributed by atoms with Gasteiger partial charge in [0.1, 0.15) is 5.75 Å². The summed E-state index contributed by atoms with van der Waals surface area (Å²) in [5.74, 6) is 1.18. The third-order valence-electron chi connectivity index (χ3n) is 4.20. The number of methoxy groups -OCH3 is 1. The van der Waals surface area contributed by atoms with E-state index in [1.165, 1.54) is 5.56 Å². The lowest BCUT2D eigenvalue weighted by Gasteiger charge is -2.07. The molecule has 0 saturated heterocycles. The third kappa shape index (κ3) is 7.75. The fourth-order valence-electron chi connectivity index (χ4n) is 2.64. The van der Waals surface area contributed by atoms with Crippen LogP contribution in [0.2, 0.25) is 0 Å². The minimum absolute atomic E-state index is 0. The first kappa shape index (κ1) is 22.7. The van der Waals surface area contributed by atoms with Crippen LogP contribution in [0, 0.1) is 0 Å². The predicted octanol–water partition coefficient (Wildman–Crippen LogP) is 4.96. The number of aliphatic imine (C=N–C) groups is 1. The van der Waals surface area contributed by atoms with Crippen LogP contribution in [0.4, 0.5) is 5.69 Å². The van der Waals surface area contributed by atoms with Gasteiger partial charge >= 0.3 is 0 Å². The highest BCUT2D eigenvalue weighted by Crippen LogP contribution is 2.15.